The van der Waals surface area contributed by atoms with Gasteiger partial charge in [0.25, 0.3) is 0 Å². The number of esters is 1. The SMILES string of the molecule is CC(=O)OC[C@H]1O[C@@H](c2c(O)cc(O)c3c(=O)cc(-c4ccc(O)c(O)c4)oc23)[C@H](O)[C@@H](O)[C@@H]1O. The molecule has 12 heteroatoms. The van der Waals surface area contributed by atoms with E-state index in [0.717, 1.165) is 31.2 Å². The molecule has 0 radical (unpaired) electrons. The molecule has 0 saturated carbocycles. The molecule has 0 unspecified atom stereocenters. The van der Waals surface area contributed by atoms with Crippen molar-refractivity contribution in [2.75, 3.05) is 6.61 Å². The molecule has 2 heterocycles. The molecule has 2 aromatic carbocycles. The van der Waals surface area contributed by atoms with Gasteiger partial charge in [-0.25, -0.2) is 0 Å². The van der Waals surface area contributed by atoms with Crippen LogP contribution in [-0.2, 0) is 14.3 Å². The fourth-order valence-corrected chi connectivity index (χ4v) is 3.94. The molecule has 1 aliphatic rings. The van der Waals surface area contributed by atoms with Crippen molar-refractivity contribution < 1.29 is 54.4 Å². The van der Waals surface area contributed by atoms with Crippen LogP contribution in [-0.4, -0.2) is 72.7 Å². The first kappa shape index (κ1) is 24.3. The van der Waals surface area contributed by atoms with Crippen LogP contribution in [0.1, 0.15) is 18.6 Å². The largest absolute Gasteiger partial charge is 0.507 e. The quantitative estimate of drug-likeness (QED) is 0.195. The molecule has 0 amide bonds. The number of ether oxygens (including phenoxy) is 2. The van der Waals surface area contributed by atoms with Crippen LogP contribution in [0.15, 0.2) is 39.5 Å². The lowest BCUT2D eigenvalue weighted by atomic mass is 9.89. The minimum atomic E-state index is -1.83. The predicted molar refractivity (Wildman–Crippen MR) is 117 cm³/mol. The molecule has 4 rings (SSSR count). The van der Waals surface area contributed by atoms with E-state index in [1.807, 2.05) is 0 Å². The van der Waals surface area contributed by atoms with Crippen molar-refractivity contribution in [1.29, 1.82) is 0 Å². The zero-order chi connectivity index (χ0) is 25.6. The Morgan fingerprint density at radius 2 is 1.63 bits per heavy atom. The van der Waals surface area contributed by atoms with Crippen molar-refractivity contribution in [2.24, 2.45) is 0 Å². The average Bonchev–Trinajstić information content (AvgIpc) is 2.79. The zero-order valence-corrected chi connectivity index (χ0v) is 18.2. The Bertz CT molecular complexity index is 1350. The van der Waals surface area contributed by atoms with Gasteiger partial charge in [-0.05, 0) is 18.2 Å². The maximum atomic E-state index is 12.9. The lowest BCUT2D eigenvalue weighted by Crippen LogP contribution is -2.55. The summed E-state index contributed by atoms with van der Waals surface area (Å²) >= 11 is 0. The van der Waals surface area contributed by atoms with Crippen LogP contribution >= 0.6 is 0 Å². The van der Waals surface area contributed by atoms with Gasteiger partial charge in [-0.2, -0.15) is 0 Å². The van der Waals surface area contributed by atoms with Crippen LogP contribution < -0.4 is 5.43 Å². The number of carbonyl (C=O) groups excluding carboxylic acids is 1. The number of aliphatic hydroxyl groups is 3. The van der Waals surface area contributed by atoms with Gasteiger partial charge >= 0.3 is 5.97 Å². The second kappa shape index (κ2) is 9.07. The topological polar surface area (TPSA) is 207 Å². The molecule has 0 bridgehead atoms. The number of phenols is 4. The summed E-state index contributed by atoms with van der Waals surface area (Å²) in [4.78, 5) is 24.1. The molecule has 1 fully saturated rings. The van der Waals surface area contributed by atoms with Gasteiger partial charge in [-0.15, -0.1) is 0 Å². The lowest BCUT2D eigenvalue weighted by Gasteiger charge is -2.40. The first-order valence-electron chi connectivity index (χ1n) is 10.4. The molecule has 0 aliphatic carbocycles. The first-order valence-corrected chi connectivity index (χ1v) is 10.4. The zero-order valence-electron chi connectivity index (χ0n) is 18.2. The number of fused-ring (bicyclic) bond motifs is 1. The normalized spacial score (nSPS) is 24.4. The van der Waals surface area contributed by atoms with Gasteiger partial charge in [0.15, 0.2) is 22.5 Å². The molecular formula is C23H22O12. The minimum Gasteiger partial charge on any atom is -0.507 e. The summed E-state index contributed by atoms with van der Waals surface area (Å²) in [6.45, 7) is 0.629. The second-order valence-electron chi connectivity index (χ2n) is 8.08. The Kier molecular flexibility index (Phi) is 6.30. The van der Waals surface area contributed by atoms with Gasteiger partial charge in [-0.1, -0.05) is 0 Å². The highest BCUT2D eigenvalue weighted by molar-refractivity contribution is 5.89. The number of hydrogen-bond donors (Lipinski definition) is 7. The van der Waals surface area contributed by atoms with Gasteiger partial charge in [0.05, 0.1) is 5.56 Å². The van der Waals surface area contributed by atoms with E-state index in [1.165, 1.54) is 6.07 Å². The maximum Gasteiger partial charge on any atom is 0.302 e. The van der Waals surface area contributed by atoms with Crippen LogP contribution in [0.2, 0.25) is 0 Å². The Labute approximate surface area is 196 Å². The van der Waals surface area contributed by atoms with Crippen LogP contribution in [0, 0.1) is 0 Å². The Hall–Kier alpha value is -3.84. The molecule has 12 nitrogen and oxygen atoms in total. The molecule has 186 valence electrons. The summed E-state index contributed by atoms with van der Waals surface area (Å²) in [7, 11) is 0. The van der Waals surface area contributed by atoms with Crippen LogP contribution in [0.25, 0.3) is 22.3 Å². The predicted octanol–water partition coefficient (Wildman–Crippen LogP) is 0.368. The summed E-state index contributed by atoms with van der Waals surface area (Å²) < 4.78 is 16.3. The highest BCUT2D eigenvalue weighted by Gasteiger charge is 2.46. The third-order valence-electron chi connectivity index (χ3n) is 5.71. The van der Waals surface area contributed by atoms with Gasteiger partial charge in [-0.3, -0.25) is 9.59 Å². The van der Waals surface area contributed by atoms with Crippen molar-refractivity contribution in [3.63, 3.8) is 0 Å². The molecule has 5 atom stereocenters. The summed E-state index contributed by atoms with van der Waals surface area (Å²) in [5.41, 5.74) is -1.33. The van der Waals surface area contributed by atoms with E-state index in [-0.39, 0.29) is 22.3 Å². The number of carbonyl (C=O) groups is 1. The highest BCUT2D eigenvalue weighted by atomic mass is 16.6. The first-order chi connectivity index (χ1) is 16.5. The van der Waals surface area contributed by atoms with Crippen molar-refractivity contribution in [2.45, 2.75) is 37.4 Å². The molecule has 0 spiro atoms. The number of aliphatic hydroxyl groups excluding tert-OH is 3. The summed E-state index contributed by atoms with van der Waals surface area (Å²) in [6.07, 6.45) is -8.21. The fraction of sp³-hybridized carbons (Fsp3) is 0.304. The third kappa shape index (κ3) is 4.35. The summed E-state index contributed by atoms with van der Waals surface area (Å²) in [5, 5.41) is 71.2. The smallest absolute Gasteiger partial charge is 0.302 e. The van der Waals surface area contributed by atoms with Gasteiger partial charge in [0.1, 0.15) is 59.8 Å². The van der Waals surface area contributed by atoms with Crippen LogP contribution in [0.5, 0.6) is 23.0 Å². The van der Waals surface area contributed by atoms with E-state index in [0.29, 0.717) is 0 Å². The van der Waals surface area contributed by atoms with Crippen molar-refractivity contribution in [3.05, 3.63) is 46.1 Å². The van der Waals surface area contributed by atoms with Gasteiger partial charge in [0, 0.05) is 24.6 Å². The maximum absolute atomic E-state index is 12.9. The van der Waals surface area contributed by atoms with Crippen LogP contribution in [0.3, 0.4) is 0 Å². The molecule has 3 aromatic rings. The third-order valence-corrected chi connectivity index (χ3v) is 5.71. The monoisotopic (exact) mass is 490 g/mol. The van der Waals surface area contributed by atoms with E-state index in [4.69, 9.17) is 13.9 Å². The standard InChI is InChI=1S/C23H22O12/c1-8(24)33-7-16-19(30)20(31)21(32)23(35-16)18-13(28)5-12(27)17-14(29)6-15(34-22(17)18)9-2-3-10(25)11(26)4-9/h2-6,16,19-21,23,25-28,30-32H,7H2,1H3/t16-,19-,20+,21-,23+/m1/s1. The molecule has 1 aromatic heterocycles. The van der Waals surface area contributed by atoms with E-state index in [1.54, 1.807) is 0 Å². The average molecular weight is 490 g/mol. The molecule has 1 aliphatic heterocycles. The summed E-state index contributed by atoms with van der Waals surface area (Å²) in [5.74, 6) is -3.05. The van der Waals surface area contributed by atoms with Crippen molar-refractivity contribution in [1.82, 2.24) is 0 Å². The highest BCUT2D eigenvalue weighted by Crippen LogP contribution is 2.44. The minimum absolute atomic E-state index is 0.133. The van der Waals surface area contributed by atoms with Gasteiger partial charge < -0.3 is 49.6 Å². The Morgan fingerprint density at radius 1 is 0.914 bits per heavy atom. The van der Waals surface area contributed by atoms with Crippen LogP contribution in [0.4, 0.5) is 0 Å². The number of hydrogen-bond acceptors (Lipinski definition) is 12. The van der Waals surface area contributed by atoms with E-state index in [2.05, 4.69) is 0 Å². The van der Waals surface area contributed by atoms with E-state index in [9.17, 15) is 45.3 Å². The van der Waals surface area contributed by atoms with E-state index < -0.39 is 77.1 Å². The lowest BCUT2D eigenvalue weighted by molar-refractivity contribution is -0.234. The number of benzene rings is 2. The molecule has 1 saturated heterocycles. The van der Waals surface area contributed by atoms with Crippen molar-refractivity contribution in [3.8, 4) is 34.3 Å². The fourth-order valence-electron chi connectivity index (χ4n) is 3.94. The number of rotatable bonds is 4. The number of aromatic hydroxyl groups is 4. The second-order valence-corrected chi connectivity index (χ2v) is 8.08. The van der Waals surface area contributed by atoms with Crippen molar-refractivity contribution >= 4 is 16.9 Å². The molecule has 35 heavy (non-hydrogen) atoms. The molecule has 7 N–H and O–H groups in total. The van der Waals surface area contributed by atoms with Gasteiger partial charge in [0.2, 0.25) is 0 Å². The Balaban J connectivity index is 1.90. The number of phenolic OH excluding ortho intramolecular Hbond substituents is 4. The summed E-state index contributed by atoms with van der Waals surface area (Å²) in [6, 6.07) is 5.44. The van der Waals surface area contributed by atoms with E-state index >= 15 is 0 Å². The molecular weight excluding hydrogens is 468 g/mol. The Morgan fingerprint density at radius 3 is 2.29 bits per heavy atom.